The third kappa shape index (κ3) is 3.67. The van der Waals surface area contributed by atoms with Crippen molar-refractivity contribution in [2.75, 3.05) is 31.6 Å². The molecule has 1 saturated heterocycles. The van der Waals surface area contributed by atoms with Crippen LogP contribution in [0.2, 0.25) is 0 Å². The van der Waals surface area contributed by atoms with Crippen molar-refractivity contribution in [3.63, 3.8) is 0 Å². The number of hydrogen-bond donors (Lipinski definition) is 1. The summed E-state index contributed by atoms with van der Waals surface area (Å²) in [6.07, 6.45) is 2.26. The highest BCUT2D eigenvalue weighted by molar-refractivity contribution is 9.10. The summed E-state index contributed by atoms with van der Waals surface area (Å²) in [5, 5.41) is 14.4. The van der Waals surface area contributed by atoms with Crippen molar-refractivity contribution in [3.05, 3.63) is 32.8 Å². The average Bonchev–Trinajstić information content (AvgIpc) is 2.39. The van der Waals surface area contributed by atoms with Gasteiger partial charge in [0, 0.05) is 24.1 Å². The monoisotopic (exact) mass is 327 g/mol. The van der Waals surface area contributed by atoms with Crippen molar-refractivity contribution in [2.24, 2.45) is 5.92 Å². The van der Waals surface area contributed by atoms with E-state index in [1.165, 1.54) is 0 Å². The Morgan fingerprint density at radius 3 is 2.79 bits per heavy atom. The van der Waals surface area contributed by atoms with Crippen molar-refractivity contribution in [1.29, 1.82) is 0 Å². The van der Waals surface area contributed by atoms with E-state index < -0.39 is 0 Å². The zero-order valence-corrected chi connectivity index (χ0v) is 12.5. The van der Waals surface area contributed by atoms with Gasteiger partial charge in [-0.3, -0.25) is 10.1 Å². The van der Waals surface area contributed by atoms with E-state index >= 15 is 0 Å². The molecule has 1 N–H and O–H groups in total. The first-order valence-electron chi connectivity index (χ1n) is 6.43. The highest BCUT2D eigenvalue weighted by Crippen LogP contribution is 2.31. The average molecular weight is 328 g/mol. The molecule has 0 spiro atoms. The zero-order valence-electron chi connectivity index (χ0n) is 10.9. The van der Waals surface area contributed by atoms with Crippen LogP contribution in [0.1, 0.15) is 12.8 Å². The van der Waals surface area contributed by atoms with Gasteiger partial charge >= 0.3 is 0 Å². The van der Waals surface area contributed by atoms with Crippen LogP contribution < -0.4 is 10.2 Å². The first-order chi connectivity index (χ1) is 9.08. The summed E-state index contributed by atoms with van der Waals surface area (Å²) < 4.78 is 0.866. The molecular formula is C13H18BrN3O2. The van der Waals surface area contributed by atoms with Gasteiger partial charge in [-0.05, 0) is 44.0 Å². The van der Waals surface area contributed by atoms with Crippen LogP contribution >= 0.6 is 15.9 Å². The van der Waals surface area contributed by atoms with Gasteiger partial charge in [-0.15, -0.1) is 0 Å². The van der Waals surface area contributed by atoms with Crippen LogP contribution in [-0.2, 0) is 0 Å². The summed E-state index contributed by atoms with van der Waals surface area (Å²) in [5.41, 5.74) is 0.845. The molecule has 1 heterocycles. The van der Waals surface area contributed by atoms with Crippen molar-refractivity contribution >= 4 is 27.3 Å². The maximum Gasteiger partial charge on any atom is 0.292 e. The van der Waals surface area contributed by atoms with Gasteiger partial charge in [0.1, 0.15) is 5.69 Å². The number of anilines is 1. The molecule has 0 aromatic heterocycles. The van der Waals surface area contributed by atoms with Gasteiger partial charge in [-0.25, -0.2) is 0 Å². The van der Waals surface area contributed by atoms with Crippen molar-refractivity contribution in [1.82, 2.24) is 5.32 Å². The lowest BCUT2D eigenvalue weighted by molar-refractivity contribution is -0.384. The van der Waals surface area contributed by atoms with E-state index in [1.54, 1.807) is 12.1 Å². The van der Waals surface area contributed by atoms with E-state index in [0.29, 0.717) is 11.6 Å². The summed E-state index contributed by atoms with van der Waals surface area (Å²) in [5.74, 6) is 0.602. The van der Waals surface area contributed by atoms with Gasteiger partial charge in [-0.1, -0.05) is 15.9 Å². The number of nitrogens with one attached hydrogen (secondary N) is 1. The Morgan fingerprint density at radius 2 is 2.16 bits per heavy atom. The molecule has 1 aliphatic heterocycles. The normalized spacial score (nSPS) is 16.3. The van der Waals surface area contributed by atoms with Gasteiger partial charge in [0.05, 0.1) is 4.92 Å². The summed E-state index contributed by atoms with van der Waals surface area (Å²) in [6.45, 7) is 2.94. The fourth-order valence-corrected chi connectivity index (χ4v) is 2.86. The summed E-state index contributed by atoms with van der Waals surface area (Å²) in [7, 11) is 1.93. The molecule has 0 radical (unpaired) electrons. The van der Waals surface area contributed by atoms with Gasteiger partial charge in [0.25, 0.3) is 5.69 Å². The summed E-state index contributed by atoms with van der Waals surface area (Å²) >= 11 is 3.38. The van der Waals surface area contributed by atoms with Crippen LogP contribution in [0, 0.1) is 16.0 Å². The molecule has 0 amide bonds. The predicted octanol–water partition coefficient (Wildman–Crippen LogP) is 2.79. The molecule has 1 aliphatic rings. The van der Waals surface area contributed by atoms with E-state index in [-0.39, 0.29) is 10.6 Å². The molecule has 1 aromatic rings. The standard InChI is InChI=1S/C13H18BrN3O2/c1-16(9-10-4-6-15-7-5-10)13-8-11(14)2-3-12(13)17(18)19/h2-3,8,10,15H,4-7,9H2,1H3. The molecule has 104 valence electrons. The highest BCUT2D eigenvalue weighted by Gasteiger charge is 2.21. The maximum atomic E-state index is 11.1. The van der Waals surface area contributed by atoms with E-state index in [4.69, 9.17) is 0 Å². The van der Waals surface area contributed by atoms with Gasteiger partial charge in [-0.2, -0.15) is 0 Å². The Hall–Kier alpha value is -1.14. The van der Waals surface area contributed by atoms with Gasteiger partial charge in [0.15, 0.2) is 0 Å². The summed E-state index contributed by atoms with van der Waals surface area (Å²) in [6, 6.07) is 5.08. The lowest BCUT2D eigenvalue weighted by Gasteiger charge is -2.28. The fourth-order valence-electron chi connectivity index (χ4n) is 2.51. The molecular weight excluding hydrogens is 310 g/mol. The predicted molar refractivity (Wildman–Crippen MR) is 79.7 cm³/mol. The number of halogens is 1. The van der Waals surface area contributed by atoms with Crippen LogP contribution in [0.4, 0.5) is 11.4 Å². The smallest absolute Gasteiger partial charge is 0.292 e. The second-order valence-electron chi connectivity index (χ2n) is 4.96. The maximum absolute atomic E-state index is 11.1. The van der Waals surface area contributed by atoms with E-state index in [2.05, 4.69) is 21.2 Å². The van der Waals surface area contributed by atoms with Gasteiger partial charge in [0.2, 0.25) is 0 Å². The van der Waals surface area contributed by atoms with Crippen molar-refractivity contribution in [3.8, 4) is 0 Å². The van der Waals surface area contributed by atoms with Crippen LogP contribution in [0.15, 0.2) is 22.7 Å². The third-order valence-electron chi connectivity index (χ3n) is 3.54. The number of hydrogen-bond acceptors (Lipinski definition) is 4. The molecule has 1 aromatic carbocycles. The SMILES string of the molecule is CN(CC1CCNCC1)c1cc(Br)ccc1[N+](=O)[O-]. The first-order valence-corrected chi connectivity index (χ1v) is 7.23. The zero-order chi connectivity index (χ0) is 13.8. The number of nitro groups is 1. The van der Waals surface area contributed by atoms with E-state index in [1.807, 2.05) is 18.0 Å². The first kappa shape index (κ1) is 14.3. The number of nitrogens with zero attached hydrogens (tertiary/aromatic N) is 2. The minimum Gasteiger partial charge on any atom is -0.369 e. The topological polar surface area (TPSA) is 58.4 Å². The Balaban J connectivity index is 2.14. The van der Waals surface area contributed by atoms with Crippen LogP contribution in [-0.4, -0.2) is 31.6 Å². The van der Waals surface area contributed by atoms with Crippen LogP contribution in [0.5, 0.6) is 0 Å². The van der Waals surface area contributed by atoms with Crippen molar-refractivity contribution < 1.29 is 4.92 Å². The Labute approximate surface area is 121 Å². The third-order valence-corrected chi connectivity index (χ3v) is 4.03. The minimum absolute atomic E-state index is 0.166. The molecule has 6 heteroatoms. The molecule has 0 aliphatic carbocycles. The number of piperidine rings is 1. The van der Waals surface area contributed by atoms with Gasteiger partial charge < -0.3 is 10.2 Å². The molecule has 0 atom stereocenters. The summed E-state index contributed by atoms with van der Waals surface area (Å²) in [4.78, 5) is 12.8. The number of rotatable bonds is 4. The Kier molecular flexibility index (Phi) is 4.76. The molecule has 2 rings (SSSR count). The van der Waals surface area contributed by atoms with Crippen molar-refractivity contribution in [2.45, 2.75) is 12.8 Å². The molecule has 1 fully saturated rings. The van der Waals surface area contributed by atoms with Crippen LogP contribution in [0.25, 0.3) is 0 Å². The quantitative estimate of drug-likeness (QED) is 0.682. The second-order valence-corrected chi connectivity index (χ2v) is 5.88. The highest BCUT2D eigenvalue weighted by atomic mass is 79.9. The fraction of sp³-hybridized carbons (Fsp3) is 0.538. The largest absolute Gasteiger partial charge is 0.369 e. The van der Waals surface area contributed by atoms with E-state index in [0.717, 1.165) is 36.9 Å². The minimum atomic E-state index is -0.319. The number of nitro benzene ring substituents is 1. The molecule has 0 saturated carbocycles. The second kappa shape index (κ2) is 6.34. The van der Waals surface area contributed by atoms with E-state index in [9.17, 15) is 10.1 Å². The molecule has 0 unspecified atom stereocenters. The lowest BCUT2D eigenvalue weighted by atomic mass is 9.97. The Morgan fingerprint density at radius 1 is 1.47 bits per heavy atom. The molecule has 0 bridgehead atoms. The number of benzene rings is 1. The molecule has 19 heavy (non-hydrogen) atoms. The Bertz CT molecular complexity index is 461. The van der Waals surface area contributed by atoms with Crippen LogP contribution in [0.3, 0.4) is 0 Å². The molecule has 5 nitrogen and oxygen atoms in total. The lowest BCUT2D eigenvalue weighted by Crippen LogP contribution is -2.34.